The van der Waals surface area contributed by atoms with Crippen LogP contribution in [-0.4, -0.2) is 28.7 Å². The van der Waals surface area contributed by atoms with E-state index in [0.717, 1.165) is 11.3 Å². The van der Waals surface area contributed by atoms with Crippen LogP contribution in [0.25, 0.3) is 0 Å². The number of rotatable bonds is 4. The van der Waals surface area contributed by atoms with Gasteiger partial charge >= 0.3 is 6.03 Å². The van der Waals surface area contributed by atoms with Gasteiger partial charge in [-0.1, -0.05) is 6.07 Å². The minimum atomic E-state index is -0.251. The van der Waals surface area contributed by atoms with E-state index in [-0.39, 0.29) is 11.9 Å². The number of aromatic amines is 1. The molecule has 108 valence electrons. The first kappa shape index (κ1) is 13.2. The molecule has 0 saturated carbocycles. The highest BCUT2D eigenvalue weighted by atomic mass is 16.2. The number of benzene rings is 1. The van der Waals surface area contributed by atoms with Crippen molar-refractivity contribution in [3.63, 3.8) is 0 Å². The molecule has 0 unspecified atom stereocenters. The van der Waals surface area contributed by atoms with Gasteiger partial charge in [0.2, 0.25) is 0 Å². The van der Waals surface area contributed by atoms with Crippen molar-refractivity contribution in [3.05, 3.63) is 47.3 Å². The number of hydrogen-bond donors (Lipinski definition) is 4. The number of nitrogens with zero attached hydrogens (tertiary/aromatic N) is 1. The van der Waals surface area contributed by atoms with Crippen LogP contribution in [0.2, 0.25) is 0 Å². The molecule has 7 nitrogen and oxygen atoms in total. The second-order valence-corrected chi connectivity index (χ2v) is 4.77. The Labute approximate surface area is 121 Å². The summed E-state index contributed by atoms with van der Waals surface area (Å²) in [7, 11) is 0. The third kappa shape index (κ3) is 3.02. The third-order valence-corrected chi connectivity index (χ3v) is 3.30. The molecule has 0 atom stereocenters. The van der Waals surface area contributed by atoms with E-state index >= 15 is 0 Å². The van der Waals surface area contributed by atoms with Gasteiger partial charge in [0.25, 0.3) is 5.91 Å². The highest BCUT2D eigenvalue weighted by Crippen LogP contribution is 2.20. The molecule has 1 aromatic heterocycles. The van der Waals surface area contributed by atoms with Crippen LogP contribution >= 0.6 is 0 Å². The quantitative estimate of drug-likeness (QED) is 0.675. The number of carbonyl (C=O) groups excluding carboxylic acids is 2. The van der Waals surface area contributed by atoms with Crippen molar-refractivity contribution in [2.45, 2.75) is 13.0 Å². The molecule has 3 rings (SSSR count). The van der Waals surface area contributed by atoms with Crippen LogP contribution in [0.5, 0.6) is 0 Å². The largest absolute Gasteiger partial charge is 0.352 e. The Balaban J connectivity index is 1.62. The van der Waals surface area contributed by atoms with Gasteiger partial charge in [-0.05, 0) is 23.8 Å². The molecular formula is C14H15N5O2. The maximum atomic E-state index is 12.1. The van der Waals surface area contributed by atoms with Gasteiger partial charge < -0.3 is 16.0 Å². The summed E-state index contributed by atoms with van der Waals surface area (Å²) in [6, 6.07) is 6.90. The first-order chi connectivity index (χ1) is 10.2. The summed E-state index contributed by atoms with van der Waals surface area (Å²) in [5.41, 5.74) is 3.14. The minimum absolute atomic E-state index is 0.162. The molecule has 1 aliphatic heterocycles. The average Bonchev–Trinajstić information content (AvgIpc) is 2.99. The fraction of sp³-hybridized carbons (Fsp3) is 0.214. The smallest absolute Gasteiger partial charge is 0.319 e. The highest BCUT2D eigenvalue weighted by molar-refractivity contribution is 5.98. The monoisotopic (exact) mass is 285 g/mol. The Hall–Kier alpha value is -2.83. The molecule has 4 N–H and O–H groups in total. The third-order valence-electron chi connectivity index (χ3n) is 3.30. The molecular weight excluding hydrogens is 270 g/mol. The lowest BCUT2D eigenvalue weighted by Crippen LogP contribution is -2.33. The summed E-state index contributed by atoms with van der Waals surface area (Å²) in [5, 5.41) is 14.9. The van der Waals surface area contributed by atoms with Crippen LogP contribution < -0.4 is 16.0 Å². The minimum Gasteiger partial charge on any atom is -0.352 e. The Kier molecular flexibility index (Phi) is 3.55. The topological polar surface area (TPSA) is 98.9 Å². The van der Waals surface area contributed by atoms with Crippen molar-refractivity contribution in [1.29, 1.82) is 0 Å². The van der Waals surface area contributed by atoms with Gasteiger partial charge in [-0.25, -0.2) is 4.79 Å². The van der Waals surface area contributed by atoms with Gasteiger partial charge in [-0.2, -0.15) is 5.10 Å². The number of H-pyrrole nitrogens is 1. The maximum Gasteiger partial charge on any atom is 0.319 e. The van der Waals surface area contributed by atoms with Crippen molar-refractivity contribution in [2.24, 2.45) is 0 Å². The number of anilines is 1. The van der Waals surface area contributed by atoms with Crippen molar-refractivity contribution < 1.29 is 9.59 Å². The van der Waals surface area contributed by atoms with E-state index in [1.54, 1.807) is 18.3 Å². The van der Waals surface area contributed by atoms with E-state index in [1.165, 1.54) is 0 Å². The second kappa shape index (κ2) is 5.66. The standard InChI is InChI=1S/C14H15N5O2/c20-13(15-5-3-11-4-6-17-19-11)9-1-2-10-8-16-14(21)18-12(10)7-9/h1-2,4,6-7H,3,5,8H2,(H,15,20)(H,17,19)(H2,16,18,21). The number of hydrogen-bond acceptors (Lipinski definition) is 3. The van der Waals surface area contributed by atoms with Crippen LogP contribution in [0, 0.1) is 0 Å². The van der Waals surface area contributed by atoms with Crippen LogP contribution in [0.1, 0.15) is 21.6 Å². The van der Waals surface area contributed by atoms with Crippen LogP contribution in [0.4, 0.5) is 10.5 Å². The van der Waals surface area contributed by atoms with Crippen LogP contribution in [0.3, 0.4) is 0 Å². The number of aromatic nitrogens is 2. The SMILES string of the molecule is O=C1NCc2ccc(C(=O)NCCc3ccn[nH]3)cc2N1. The summed E-state index contributed by atoms with van der Waals surface area (Å²) in [6.45, 7) is 0.995. The fourth-order valence-electron chi connectivity index (χ4n) is 2.17. The summed E-state index contributed by atoms with van der Waals surface area (Å²) < 4.78 is 0. The zero-order valence-corrected chi connectivity index (χ0v) is 11.3. The highest BCUT2D eigenvalue weighted by Gasteiger charge is 2.15. The first-order valence-corrected chi connectivity index (χ1v) is 6.66. The van der Waals surface area contributed by atoms with Gasteiger partial charge in [0.05, 0.1) is 0 Å². The number of urea groups is 1. The Morgan fingerprint density at radius 3 is 3.05 bits per heavy atom. The zero-order valence-electron chi connectivity index (χ0n) is 11.3. The summed E-state index contributed by atoms with van der Waals surface area (Å²) in [4.78, 5) is 23.4. The van der Waals surface area contributed by atoms with E-state index in [1.807, 2.05) is 12.1 Å². The molecule has 2 heterocycles. The van der Waals surface area contributed by atoms with Crippen molar-refractivity contribution in [3.8, 4) is 0 Å². The lowest BCUT2D eigenvalue weighted by molar-refractivity contribution is 0.0954. The first-order valence-electron chi connectivity index (χ1n) is 6.66. The van der Waals surface area contributed by atoms with Crippen LogP contribution in [-0.2, 0) is 13.0 Å². The summed E-state index contributed by atoms with van der Waals surface area (Å²) in [6.07, 6.45) is 2.37. The maximum absolute atomic E-state index is 12.1. The normalized spacial score (nSPS) is 13.0. The van der Waals surface area contributed by atoms with E-state index in [0.29, 0.717) is 30.8 Å². The molecule has 7 heteroatoms. The number of nitrogens with one attached hydrogen (secondary N) is 4. The predicted molar refractivity (Wildman–Crippen MR) is 76.9 cm³/mol. The Morgan fingerprint density at radius 2 is 2.24 bits per heavy atom. The average molecular weight is 285 g/mol. The van der Waals surface area contributed by atoms with Gasteiger partial charge in [0.15, 0.2) is 0 Å². The Morgan fingerprint density at radius 1 is 1.33 bits per heavy atom. The summed E-state index contributed by atoms with van der Waals surface area (Å²) in [5.74, 6) is -0.162. The lowest BCUT2D eigenvalue weighted by Gasteiger charge is -2.18. The fourth-order valence-corrected chi connectivity index (χ4v) is 2.17. The van der Waals surface area contributed by atoms with Gasteiger partial charge in [-0.15, -0.1) is 0 Å². The molecule has 1 aliphatic rings. The summed E-state index contributed by atoms with van der Waals surface area (Å²) >= 11 is 0. The molecule has 0 saturated heterocycles. The lowest BCUT2D eigenvalue weighted by atomic mass is 10.1. The predicted octanol–water partition coefficient (Wildman–Crippen LogP) is 1.02. The van der Waals surface area contributed by atoms with Crippen molar-refractivity contribution >= 4 is 17.6 Å². The molecule has 21 heavy (non-hydrogen) atoms. The molecule has 0 radical (unpaired) electrons. The van der Waals surface area contributed by atoms with E-state index in [2.05, 4.69) is 26.1 Å². The zero-order chi connectivity index (χ0) is 14.7. The molecule has 1 aromatic carbocycles. The van der Waals surface area contributed by atoms with E-state index < -0.39 is 0 Å². The van der Waals surface area contributed by atoms with E-state index in [4.69, 9.17) is 0 Å². The van der Waals surface area contributed by atoms with Gasteiger partial charge in [0.1, 0.15) is 0 Å². The molecule has 0 fully saturated rings. The molecule has 3 amide bonds. The molecule has 0 bridgehead atoms. The van der Waals surface area contributed by atoms with Crippen LogP contribution in [0.15, 0.2) is 30.5 Å². The second-order valence-electron chi connectivity index (χ2n) is 4.77. The Bertz CT molecular complexity index is 666. The molecule has 2 aromatic rings. The van der Waals surface area contributed by atoms with Gasteiger partial charge in [0, 0.05) is 42.7 Å². The number of fused-ring (bicyclic) bond motifs is 1. The molecule has 0 aliphatic carbocycles. The molecule has 0 spiro atoms. The number of amides is 3. The van der Waals surface area contributed by atoms with Crippen molar-refractivity contribution in [1.82, 2.24) is 20.8 Å². The number of carbonyl (C=O) groups is 2. The van der Waals surface area contributed by atoms with Gasteiger partial charge in [-0.3, -0.25) is 9.89 Å². The van der Waals surface area contributed by atoms with Crippen molar-refractivity contribution in [2.75, 3.05) is 11.9 Å². The van der Waals surface area contributed by atoms with E-state index in [9.17, 15) is 9.59 Å².